The van der Waals surface area contributed by atoms with Gasteiger partial charge < -0.3 is 9.64 Å². The minimum Gasteiger partial charge on any atom is -0.465 e. The van der Waals surface area contributed by atoms with Gasteiger partial charge in [0.15, 0.2) is 0 Å². The van der Waals surface area contributed by atoms with Crippen molar-refractivity contribution in [1.82, 2.24) is 0 Å². The molecular weight excluding hydrogens is 261 g/mol. The van der Waals surface area contributed by atoms with Crippen LogP contribution in [0.2, 0.25) is 10.0 Å². The van der Waals surface area contributed by atoms with Crippen molar-refractivity contribution in [3.63, 3.8) is 0 Å². The van der Waals surface area contributed by atoms with E-state index in [-0.39, 0.29) is 5.56 Å². The second kappa shape index (κ2) is 6.12. The van der Waals surface area contributed by atoms with Crippen molar-refractivity contribution in [2.45, 2.75) is 13.8 Å². The second-order valence-corrected chi connectivity index (χ2v) is 4.26. The molecule has 0 heterocycles. The molecule has 94 valence electrons. The van der Waals surface area contributed by atoms with Gasteiger partial charge >= 0.3 is 5.97 Å². The second-order valence-electron chi connectivity index (χ2n) is 3.45. The zero-order chi connectivity index (χ0) is 13.0. The lowest BCUT2D eigenvalue weighted by Gasteiger charge is -2.22. The van der Waals surface area contributed by atoms with Gasteiger partial charge in [-0.3, -0.25) is 0 Å². The monoisotopic (exact) mass is 275 g/mol. The molecule has 0 radical (unpaired) electrons. The molecular formula is C12H15Cl2NO2. The third-order valence-corrected chi connectivity index (χ3v) is 3.14. The number of methoxy groups -OCH3 is 1. The van der Waals surface area contributed by atoms with Crippen LogP contribution in [0.4, 0.5) is 5.69 Å². The third kappa shape index (κ3) is 3.05. The SMILES string of the molecule is CCN(CC)c1cc(Cl)c(C(=O)OC)c(Cl)c1. The summed E-state index contributed by atoms with van der Waals surface area (Å²) in [6, 6.07) is 3.46. The molecule has 5 heteroatoms. The van der Waals surface area contributed by atoms with Crippen LogP contribution >= 0.6 is 23.2 Å². The molecule has 0 aromatic heterocycles. The lowest BCUT2D eigenvalue weighted by atomic mass is 10.2. The first kappa shape index (κ1) is 14.1. The van der Waals surface area contributed by atoms with Crippen molar-refractivity contribution in [1.29, 1.82) is 0 Å². The van der Waals surface area contributed by atoms with Crippen molar-refractivity contribution in [2.24, 2.45) is 0 Å². The Morgan fingerprint density at radius 2 is 1.71 bits per heavy atom. The number of nitrogens with zero attached hydrogens (tertiary/aromatic N) is 1. The standard InChI is InChI=1S/C12H15Cl2NO2/c1-4-15(5-2)8-6-9(13)11(10(14)7-8)12(16)17-3/h6-7H,4-5H2,1-3H3. The van der Waals surface area contributed by atoms with Crippen molar-refractivity contribution < 1.29 is 9.53 Å². The number of anilines is 1. The molecule has 1 aromatic carbocycles. The van der Waals surface area contributed by atoms with E-state index in [1.165, 1.54) is 7.11 Å². The average molecular weight is 276 g/mol. The van der Waals surface area contributed by atoms with Crippen LogP contribution in [0.25, 0.3) is 0 Å². The van der Waals surface area contributed by atoms with Crippen LogP contribution in [0.3, 0.4) is 0 Å². The van der Waals surface area contributed by atoms with Gasteiger partial charge in [-0.15, -0.1) is 0 Å². The molecule has 0 spiro atoms. The molecule has 0 saturated heterocycles. The van der Waals surface area contributed by atoms with E-state index in [9.17, 15) is 4.79 Å². The highest BCUT2D eigenvalue weighted by molar-refractivity contribution is 6.39. The molecule has 1 rings (SSSR count). The van der Waals surface area contributed by atoms with Crippen molar-refractivity contribution in [2.75, 3.05) is 25.1 Å². The normalized spacial score (nSPS) is 10.2. The summed E-state index contributed by atoms with van der Waals surface area (Å²) in [5.41, 5.74) is 1.12. The number of carbonyl (C=O) groups is 1. The number of halogens is 2. The van der Waals surface area contributed by atoms with Crippen LogP contribution in [0.15, 0.2) is 12.1 Å². The molecule has 0 amide bonds. The average Bonchev–Trinajstić information content (AvgIpc) is 2.29. The van der Waals surface area contributed by atoms with E-state index in [0.717, 1.165) is 18.8 Å². The summed E-state index contributed by atoms with van der Waals surface area (Å²) >= 11 is 12.1. The van der Waals surface area contributed by atoms with Gasteiger partial charge in [-0.25, -0.2) is 4.79 Å². The van der Waals surface area contributed by atoms with E-state index in [1.54, 1.807) is 12.1 Å². The molecule has 3 nitrogen and oxygen atoms in total. The van der Waals surface area contributed by atoms with Gasteiger partial charge in [-0.05, 0) is 26.0 Å². The molecule has 0 atom stereocenters. The maximum atomic E-state index is 11.5. The zero-order valence-electron chi connectivity index (χ0n) is 10.1. The highest BCUT2D eigenvalue weighted by Crippen LogP contribution is 2.31. The van der Waals surface area contributed by atoms with E-state index in [4.69, 9.17) is 23.2 Å². The van der Waals surface area contributed by atoms with Crippen LogP contribution < -0.4 is 4.90 Å². The molecule has 0 saturated carbocycles. The first-order chi connectivity index (χ1) is 8.04. The summed E-state index contributed by atoms with van der Waals surface area (Å²) in [7, 11) is 1.30. The Kier molecular flexibility index (Phi) is 5.09. The largest absolute Gasteiger partial charge is 0.465 e. The van der Waals surface area contributed by atoms with Crippen LogP contribution in [0.1, 0.15) is 24.2 Å². The topological polar surface area (TPSA) is 29.5 Å². The van der Waals surface area contributed by atoms with Crippen LogP contribution in [0.5, 0.6) is 0 Å². The first-order valence-corrected chi connectivity index (χ1v) is 6.13. The molecule has 0 aliphatic carbocycles. The van der Waals surface area contributed by atoms with Gasteiger partial charge in [0.1, 0.15) is 0 Å². The summed E-state index contributed by atoms with van der Waals surface area (Å²) in [5, 5.41) is 0.623. The Morgan fingerprint density at radius 3 is 2.06 bits per heavy atom. The van der Waals surface area contributed by atoms with Crippen molar-refractivity contribution in [3.8, 4) is 0 Å². The van der Waals surface area contributed by atoms with Crippen molar-refractivity contribution in [3.05, 3.63) is 27.7 Å². The van der Waals surface area contributed by atoms with Gasteiger partial charge in [0.05, 0.1) is 22.7 Å². The predicted molar refractivity (Wildman–Crippen MR) is 71.4 cm³/mol. The number of benzene rings is 1. The molecule has 0 aliphatic rings. The molecule has 1 aromatic rings. The van der Waals surface area contributed by atoms with Crippen LogP contribution in [0, 0.1) is 0 Å². The predicted octanol–water partition coefficient (Wildman–Crippen LogP) is 3.63. The Bertz CT molecular complexity index is 394. The Morgan fingerprint density at radius 1 is 1.24 bits per heavy atom. The van der Waals surface area contributed by atoms with E-state index in [2.05, 4.69) is 9.64 Å². The van der Waals surface area contributed by atoms with Gasteiger partial charge in [0.25, 0.3) is 0 Å². The van der Waals surface area contributed by atoms with Gasteiger partial charge in [-0.2, -0.15) is 0 Å². The molecule has 0 N–H and O–H groups in total. The fourth-order valence-electron chi connectivity index (χ4n) is 1.63. The summed E-state index contributed by atoms with van der Waals surface area (Å²) < 4.78 is 4.63. The van der Waals surface area contributed by atoms with Gasteiger partial charge in [-0.1, -0.05) is 23.2 Å². The number of rotatable bonds is 4. The summed E-state index contributed by atoms with van der Waals surface area (Å²) in [5.74, 6) is -0.522. The minimum atomic E-state index is -0.522. The van der Waals surface area contributed by atoms with E-state index in [0.29, 0.717) is 10.0 Å². The number of esters is 1. The highest BCUT2D eigenvalue weighted by atomic mass is 35.5. The fraction of sp³-hybridized carbons (Fsp3) is 0.417. The summed E-state index contributed by atoms with van der Waals surface area (Å²) in [6.07, 6.45) is 0. The Balaban J connectivity index is 3.22. The number of carbonyl (C=O) groups excluding carboxylic acids is 1. The quantitative estimate of drug-likeness (QED) is 0.786. The molecule has 0 unspecified atom stereocenters. The minimum absolute atomic E-state index is 0.215. The summed E-state index contributed by atoms with van der Waals surface area (Å²) in [4.78, 5) is 13.6. The van der Waals surface area contributed by atoms with Crippen molar-refractivity contribution >= 4 is 34.9 Å². The molecule has 0 aliphatic heterocycles. The lowest BCUT2D eigenvalue weighted by Crippen LogP contribution is -2.22. The van der Waals surface area contributed by atoms with E-state index >= 15 is 0 Å². The third-order valence-electron chi connectivity index (χ3n) is 2.54. The Labute approximate surface area is 111 Å². The molecule has 0 bridgehead atoms. The van der Waals surface area contributed by atoms with Gasteiger partial charge in [0.2, 0.25) is 0 Å². The van der Waals surface area contributed by atoms with Gasteiger partial charge in [0, 0.05) is 18.8 Å². The number of hydrogen-bond donors (Lipinski definition) is 0. The van der Waals surface area contributed by atoms with E-state index in [1.807, 2.05) is 13.8 Å². The maximum absolute atomic E-state index is 11.5. The zero-order valence-corrected chi connectivity index (χ0v) is 11.6. The fourth-order valence-corrected chi connectivity index (χ4v) is 2.26. The Hall–Kier alpha value is -0.930. The highest BCUT2D eigenvalue weighted by Gasteiger charge is 2.17. The molecule has 17 heavy (non-hydrogen) atoms. The maximum Gasteiger partial charge on any atom is 0.340 e. The van der Waals surface area contributed by atoms with Crippen LogP contribution in [-0.2, 0) is 4.74 Å². The number of ether oxygens (including phenoxy) is 1. The first-order valence-electron chi connectivity index (χ1n) is 5.37. The van der Waals surface area contributed by atoms with E-state index < -0.39 is 5.97 Å². The lowest BCUT2D eigenvalue weighted by molar-refractivity contribution is 0.0601. The smallest absolute Gasteiger partial charge is 0.340 e. The van der Waals surface area contributed by atoms with Crippen LogP contribution in [-0.4, -0.2) is 26.2 Å². The summed E-state index contributed by atoms with van der Waals surface area (Å²) in [6.45, 7) is 5.78. The molecule has 0 fully saturated rings. The number of hydrogen-bond acceptors (Lipinski definition) is 3.